The zero-order chi connectivity index (χ0) is 24.2. The average molecular weight is 478 g/mol. The van der Waals surface area contributed by atoms with Crippen LogP contribution in [0.3, 0.4) is 0 Å². The van der Waals surface area contributed by atoms with E-state index in [1.165, 1.54) is 12.3 Å². The molecule has 3 fully saturated rings. The van der Waals surface area contributed by atoms with Gasteiger partial charge in [-0.05, 0) is 44.4 Å². The number of amides is 3. The molecule has 2 aromatic rings. The Labute approximate surface area is 203 Å². The summed E-state index contributed by atoms with van der Waals surface area (Å²) in [5.41, 5.74) is 0.868. The summed E-state index contributed by atoms with van der Waals surface area (Å²) in [6.07, 6.45) is 5.66. The Morgan fingerprint density at radius 1 is 1.09 bits per heavy atom. The fourth-order valence-electron chi connectivity index (χ4n) is 6.63. The molecule has 182 valence electrons. The first-order valence-corrected chi connectivity index (χ1v) is 12.4. The van der Waals surface area contributed by atoms with Gasteiger partial charge in [-0.3, -0.25) is 24.3 Å². The van der Waals surface area contributed by atoms with Crippen molar-refractivity contribution in [3.63, 3.8) is 0 Å². The summed E-state index contributed by atoms with van der Waals surface area (Å²) >= 11 is 0. The minimum Gasteiger partial charge on any atom is -0.356 e. The van der Waals surface area contributed by atoms with E-state index < -0.39 is 17.3 Å². The lowest BCUT2D eigenvalue weighted by atomic mass is 9.78. The maximum Gasteiger partial charge on any atom is 0.255 e. The molecule has 1 N–H and O–H groups in total. The highest BCUT2D eigenvalue weighted by atomic mass is 19.1. The van der Waals surface area contributed by atoms with Crippen molar-refractivity contribution < 1.29 is 18.8 Å². The van der Waals surface area contributed by atoms with Gasteiger partial charge in [-0.15, -0.1) is 0 Å². The maximum atomic E-state index is 14.3. The smallest absolute Gasteiger partial charge is 0.255 e. The molecule has 9 heteroatoms. The Bertz CT molecular complexity index is 1210. The lowest BCUT2D eigenvalue weighted by Gasteiger charge is -2.38. The molecular weight excluding hydrogens is 449 g/mol. The summed E-state index contributed by atoms with van der Waals surface area (Å²) in [5, 5.41) is 3.05. The van der Waals surface area contributed by atoms with Gasteiger partial charge in [0.1, 0.15) is 11.4 Å². The number of hydrogen-bond donors (Lipinski definition) is 1. The van der Waals surface area contributed by atoms with Crippen LogP contribution < -0.4 is 10.2 Å². The van der Waals surface area contributed by atoms with Crippen LogP contribution >= 0.6 is 0 Å². The van der Waals surface area contributed by atoms with E-state index in [2.05, 4.69) is 15.2 Å². The summed E-state index contributed by atoms with van der Waals surface area (Å²) in [5.74, 6) is -1.54. The molecule has 35 heavy (non-hydrogen) atoms. The molecule has 0 saturated carbocycles. The predicted octanol–water partition coefficient (Wildman–Crippen LogP) is 1.91. The number of hydrogen-bond acceptors (Lipinski definition) is 5. The molecule has 0 radical (unpaired) electrons. The molecule has 3 atom stereocenters. The van der Waals surface area contributed by atoms with E-state index in [9.17, 15) is 18.8 Å². The second-order valence-electron chi connectivity index (χ2n) is 9.85. The number of aromatic nitrogens is 1. The van der Waals surface area contributed by atoms with Crippen LogP contribution in [0.1, 0.15) is 41.6 Å². The lowest BCUT2D eigenvalue weighted by molar-refractivity contribution is -0.139. The van der Waals surface area contributed by atoms with Gasteiger partial charge in [-0.25, -0.2) is 4.39 Å². The fraction of sp³-hybridized carbons (Fsp3) is 0.462. The topological polar surface area (TPSA) is 85.9 Å². The van der Waals surface area contributed by atoms with Gasteiger partial charge in [-0.1, -0.05) is 18.2 Å². The average Bonchev–Trinajstić information content (AvgIpc) is 3.51. The number of halogens is 1. The number of rotatable bonds is 1. The van der Waals surface area contributed by atoms with Gasteiger partial charge in [0.05, 0.1) is 17.7 Å². The Hall–Kier alpha value is -3.33. The van der Waals surface area contributed by atoms with Gasteiger partial charge in [0.2, 0.25) is 5.91 Å². The number of anilines is 1. The molecule has 3 saturated heterocycles. The highest BCUT2D eigenvalue weighted by Gasteiger charge is 2.67. The maximum absolute atomic E-state index is 14.3. The molecule has 3 amide bonds. The molecule has 1 aromatic carbocycles. The lowest BCUT2D eigenvalue weighted by Crippen LogP contribution is -2.57. The van der Waals surface area contributed by atoms with Crippen molar-refractivity contribution in [1.29, 1.82) is 0 Å². The number of nitrogens with one attached hydrogen (secondary N) is 1. The van der Waals surface area contributed by atoms with E-state index in [4.69, 9.17) is 0 Å². The van der Waals surface area contributed by atoms with E-state index >= 15 is 0 Å². The first kappa shape index (κ1) is 22.2. The molecule has 2 bridgehead atoms. The highest BCUT2D eigenvalue weighted by molar-refractivity contribution is 6.11. The van der Waals surface area contributed by atoms with E-state index in [0.717, 1.165) is 36.8 Å². The SMILES string of the molecule is O=C1NCCCN(C(=O)c2cncc(F)c2)CCN2C(=O)[C@@]3(c4ccccc42)[C@H]1C[C@@H]1CCCN13. The van der Waals surface area contributed by atoms with Crippen LogP contribution in [0.25, 0.3) is 0 Å². The zero-order valence-corrected chi connectivity index (χ0v) is 19.5. The van der Waals surface area contributed by atoms with Gasteiger partial charge in [0.25, 0.3) is 11.8 Å². The van der Waals surface area contributed by atoms with Gasteiger partial charge in [0.15, 0.2) is 0 Å². The molecule has 0 aliphatic carbocycles. The van der Waals surface area contributed by atoms with Gasteiger partial charge in [0, 0.05) is 49.7 Å². The molecule has 4 aliphatic heterocycles. The number of pyridine rings is 1. The molecule has 1 aromatic heterocycles. The molecule has 8 nitrogen and oxygen atoms in total. The van der Waals surface area contributed by atoms with Crippen LogP contribution in [0.15, 0.2) is 42.7 Å². The minimum atomic E-state index is -0.998. The summed E-state index contributed by atoms with van der Waals surface area (Å²) in [4.78, 5) is 50.5. The predicted molar refractivity (Wildman–Crippen MR) is 126 cm³/mol. The van der Waals surface area contributed by atoms with Crippen molar-refractivity contribution in [2.75, 3.05) is 37.6 Å². The Morgan fingerprint density at radius 3 is 2.80 bits per heavy atom. The third-order valence-corrected chi connectivity index (χ3v) is 8.07. The second-order valence-corrected chi connectivity index (χ2v) is 9.85. The normalized spacial score (nSPS) is 28.6. The molecule has 1 spiro atoms. The van der Waals surface area contributed by atoms with E-state index in [1.54, 1.807) is 9.80 Å². The van der Waals surface area contributed by atoms with Crippen molar-refractivity contribution in [3.05, 3.63) is 59.7 Å². The van der Waals surface area contributed by atoms with Gasteiger partial charge in [-0.2, -0.15) is 0 Å². The third kappa shape index (κ3) is 3.28. The monoisotopic (exact) mass is 477 g/mol. The molecule has 0 unspecified atom stereocenters. The van der Waals surface area contributed by atoms with Crippen molar-refractivity contribution >= 4 is 23.4 Å². The molecule has 4 aliphatic rings. The number of nitrogens with zero attached hydrogens (tertiary/aromatic N) is 4. The Balaban J connectivity index is 1.39. The van der Waals surface area contributed by atoms with Crippen molar-refractivity contribution in [3.8, 4) is 0 Å². The van der Waals surface area contributed by atoms with Crippen LogP contribution in [0.5, 0.6) is 0 Å². The number of benzene rings is 1. The number of carbonyl (C=O) groups excluding carboxylic acids is 3. The summed E-state index contributed by atoms with van der Waals surface area (Å²) in [6.45, 7) is 2.18. The summed E-state index contributed by atoms with van der Waals surface area (Å²) in [6, 6.07) is 9.14. The second kappa shape index (κ2) is 8.41. The van der Waals surface area contributed by atoms with E-state index in [0.29, 0.717) is 39.0 Å². The van der Waals surface area contributed by atoms with Gasteiger partial charge >= 0.3 is 0 Å². The largest absolute Gasteiger partial charge is 0.356 e. The third-order valence-electron chi connectivity index (χ3n) is 8.07. The van der Waals surface area contributed by atoms with Crippen molar-refractivity contribution in [2.45, 2.75) is 37.3 Å². The van der Waals surface area contributed by atoms with E-state index in [-0.39, 0.29) is 29.3 Å². The standard InChI is InChI=1S/C26H28FN5O3/c27-18-13-17(15-28-16-18)24(34)30-9-4-8-29-23(33)21-14-19-5-3-10-32(19)26(21)20-6-1-2-7-22(20)31(12-11-30)25(26)35/h1-2,6-7,13,15-16,19,21H,3-5,8-12,14H2,(H,29,33)/t19-,21-,26+/m0/s1. The molecular formula is C26H28FN5O3. The summed E-state index contributed by atoms with van der Waals surface area (Å²) in [7, 11) is 0. The van der Waals surface area contributed by atoms with Gasteiger partial charge < -0.3 is 15.1 Å². The molecule has 6 rings (SSSR count). The van der Waals surface area contributed by atoms with Crippen LogP contribution in [0.4, 0.5) is 10.1 Å². The fourth-order valence-corrected chi connectivity index (χ4v) is 6.63. The zero-order valence-electron chi connectivity index (χ0n) is 19.5. The highest BCUT2D eigenvalue weighted by Crippen LogP contribution is 2.56. The number of fused-ring (bicyclic) bond motifs is 4. The first-order valence-electron chi connectivity index (χ1n) is 12.4. The minimum absolute atomic E-state index is 0.0800. The number of para-hydroxylation sites is 1. The number of carbonyl (C=O) groups is 3. The van der Waals surface area contributed by atoms with Crippen molar-refractivity contribution in [2.24, 2.45) is 5.92 Å². The first-order chi connectivity index (χ1) is 17.0. The Morgan fingerprint density at radius 2 is 1.94 bits per heavy atom. The van der Waals surface area contributed by atoms with E-state index in [1.807, 2.05) is 24.3 Å². The quantitative estimate of drug-likeness (QED) is 0.678. The van der Waals surface area contributed by atoms with Crippen LogP contribution in [-0.2, 0) is 15.1 Å². The van der Waals surface area contributed by atoms with Crippen LogP contribution in [-0.4, -0.2) is 71.3 Å². The van der Waals surface area contributed by atoms with Crippen LogP contribution in [0, 0.1) is 11.7 Å². The molecule has 5 heterocycles. The Kier molecular flexibility index (Phi) is 5.32. The van der Waals surface area contributed by atoms with Crippen molar-refractivity contribution in [1.82, 2.24) is 20.1 Å². The van der Waals surface area contributed by atoms with Crippen LogP contribution in [0.2, 0.25) is 0 Å². The summed E-state index contributed by atoms with van der Waals surface area (Å²) < 4.78 is 13.7.